The molecule has 2 rings (SSSR count). The van der Waals surface area contributed by atoms with Crippen molar-refractivity contribution in [3.8, 4) is 11.3 Å². The predicted molar refractivity (Wildman–Crippen MR) is 69.4 cm³/mol. The molecular weight excluding hydrogens is 268 g/mol. The van der Waals surface area contributed by atoms with E-state index in [4.69, 9.17) is 9.15 Å². The molecule has 0 saturated heterocycles. The van der Waals surface area contributed by atoms with E-state index in [-0.39, 0.29) is 5.76 Å². The molecular formula is C13H12O5S. The third kappa shape index (κ3) is 2.39. The fourth-order valence-corrected chi connectivity index (χ4v) is 2.65. The summed E-state index contributed by atoms with van der Waals surface area (Å²) in [6.45, 7) is 1.86. The van der Waals surface area contributed by atoms with Crippen molar-refractivity contribution in [3.63, 3.8) is 0 Å². The monoisotopic (exact) mass is 280 g/mol. The number of rotatable bonds is 3. The van der Waals surface area contributed by atoms with Crippen LogP contribution in [0.15, 0.2) is 21.9 Å². The number of hydrogen-bond donors (Lipinski definition) is 0. The van der Waals surface area contributed by atoms with Crippen LogP contribution in [-0.2, 0) is 9.47 Å². The Kier molecular flexibility index (Phi) is 3.71. The molecule has 0 aliphatic heterocycles. The molecule has 0 fully saturated rings. The van der Waals surface area contributed by atoms with Gasteiger partial charge in [-0.15, -0.1) is 11.3 Å². The van der Waals surface area contributed by atoms with Crippen LogP contribution in [0.3, 0.4) is 0 Å². The summed E-state index contributed by atoms with van der Waals surface area (Å²) in [5, 5.41) is 1.84. The first-order chi connectivity index (χ1) is 9.08. The van der Waals surface area contributed by atoms with E-state index in [1.165, 1.54) is 31.6 Å². The lowest BCUT2D eigenvalue weighted by Gasteiger charge is -2.01. The highest BCUT2D eigenvalue weighted by atomic mass is 32.1. The van der Waals surface area contributed by atoms with Gasteiger partial charge in [-0.1, -0.05) is 0 Å². The minimum atomic E-state index is -0.557. The van der Waals surface area contributed by atoms with Gasteiger partial charge in [-0.2, -0.15) is 0 Å². The van der Waals surface area contributed by atoms with Gasteiger partial charge in [0.25, 0.3) is 0 Å². The smallest absolute Gasteiger partial charge is 0.373 e. The molecule has 0 atom stereocenters. The summed E-state index contributed by atoms with van der Waals surface area (Å²) >= 11 is 1.28. The minimum Gasteiger partial charge on any atom is -0.465 e. The van der Waals surface area contributed by atoms with E-state index in [1.54, 1.807) is 6.07 Å². The van der Waals surface area contributed by atoms with Crippen molar-refractivity contribution in [1.82, 2.24) is 0 Å². The van der Waals surface area contributed by atoms with Gasteiger partial charge < -0.3 is 13.9 Å². The largest absolute Gasteiger partial charge is 0.465 e. The van der Waals surface area contributed by atoms with Crippen molar-refractivity contribution < 1.29 is 23.5 Å². The van der Waals surface area contributed by atoms with E-state index < -0.39 is 11.9 Å². The van der Waals surface area contributed by atoms with E-state index in [1.807, 2.05) is 12.3 Å². The average Bonchev–Trinajstić information content (AvgIpc) is 3.03. The van der Waals surface area contributed by atoms with Gasteiger partial charge in [0.05, 0.1) is 14.2 Å². The Morgan fingerprint density at radius 3 is 2.47 bits per heavy atom. The molecule has 0 aromatic carbocycles. The SMILES string of the molecule is COC(=O)c1ccc(-c2c(C)csc2C(=O)OC)o1. The van der Waals surface area contributed by atoms with Crippen molar-refractivity contribution in [2.45, 2.75) is 6.92 Å². The maximum Gasteiger partial charge on any atom is 0.373 e. The van der Waals surface area contributed by atoms with Gasteiger partial charge in [-0.3, -0.25) is 0 Å². The predicted octanol–water partition coefficient (Wildman–Crippen LogP) is 2.89. The Balaban J connectivity index is 2.47. The number of esters is 2. The van der Waals surface area contributed by atoms with Gasteiger partial charge in [-0.25, -0.2) is 9.59 Å². The number of methoxy groups -OCH3 is 2. The van der Waals surface area contributed by atoms with Crippen molar-refractivity contribution in [2.75, 3.05) is 14.2 Å². The molecule has 0 saturated carbocycles. The van der Waals surface area contributed by atoms with E-state index in [0.717, 1.165) is 5.56 Å². The second-order valence-corrected chi connectivity index (χ2v) is 4.65. The van der Waals surface area contributed by atoms with Gasteiger partial charge in [0.2, 0.25) is 5.76 Å². The molecule has 5 nitrogen and oxygen atoms in total. The molecule has 0 aliphatic carbocycles. The molecule has 19 heavy (non-hydrogen) atoms. The van der Waals surface area contributed by atoms with Gasteiger partial charge >= 0.3 is 11.9 Å². The second-order valence-electron chi connectivity index (χ2n) is 3.77. The number of hydrogen-bond acceptors (Lipinski definition) is 6. The lowest BCUT2D eigenvalue weighted by Crippen LogP contribution is -2.00. The molecule has 0 N–H and O–H groups in total. The van der Waals surface area contributed by atoms with E-state index >= 15 is 0 Å². The number of thiophene rings is 1. The summed E-state index contributed by atoms with van der Waals surface area (Å²) in [7, 11) is 2.60. The third-order valence-electron chi connectivity index (χ3n) is 2.58. The highest BCUT2D eigenvalue weighted by molar-refractivity contribution is 7.12. The summed E-state index contributed by atoms with van der Waals surface area (Å²) in [5.41, 5.74) is 1.53. The Labute approximate surface area is 113 Å². The Morgan fingerprint density at radius 2 is 1.84 bits per heavy atom. The summed E-state index contributed by atoms with van der Waals surface area (Å²) in [6.07, 6.45) is 0. The molecule has 100 valence electrons. The standard InChI is InChI=1S/C13H12O5S/c1-7-6-19-11(13(15)17-3)10(7)8-4-5-9(18-8)12(14)16-2/h4-6H,1-3H3. The maximum atomic E-state index is 11.7. The van der Waals surface area contributed by atoms with E-state index in [9.17, 15) is 9.59 Å². The van der Waals surface area contributed by atoms with Crippen LogP contribution in [0.25, 0.3) is 11.3 Å². The molecule has 0 amide bonds. The van der Waals surface area contributed by atoms with Crippen molar-refractivity contribution in [1.29, 1.82) is 0 Å². The van der Waals surface area contributed by atoms with Crippen LogP contribution in [-0.4, -0.2) is 26.2 Å². The molecule has 0 unspecified atom stereocenters. The first-order valence-corrected chi connectivity index (χ1v) is 6.31. The maximum absolute atomic E-state index is 11.7. The second kappa shape index (κ2) is 5.27. The fraction of sp³-hybridized carbons (Fsp3) is 0.231. The van der Waals surface area contributed by atoms with Crippen molar-refractivity contribution >= 4 is 23.3 Å². The zero-order valence-electron chi connectivity index (χ0n) is 10.7. The Morgan fingerprint density at radius 1 is 1.16 bits per heavy atom. The fourth-order valence-electron chi connectivity index (χ4n) is 1.68. The molecule has 0 spiro atoms. The van der Waals surface area contributed by atoms with Crippen LogP contribution in [0.2, 0.25) is 0 Å². The zero-order chi connectivity index (χ0) is 14.0. The van der Waals surface area contributed by atoms with Crippen molar-refractivity contribution in [2.24, 2.45) is 0 Å². The molecule has 0 radical (unpaired) electrons. The van der Waals surface area contributed by atoms with Crippen LogP contribution in [0.5, 0.6) is 0 Å². The van der Waals surface area contributed by atoms with Crippen LogP contribution in [0, 0.1) is 6.92 Å². The zero-order valence-corrected chi connectivity index (χ0v) is 11.5. The van der Waals surface area contributed by atoms with Crippen molar-refractivity contribution in [3.05, 3.63) is 33.7 Å². The number of carbonyl (C=O) groups excluding carboxylic acids is 2. The highest BCUT2D eigenvalue weighted by Gasteiger charge is 2.22. The van der Waals surface area contributed by atoms with Crippen LogP contribution in [0.4, 0.5) is 0 Å². The minimum absolute atomic E-state index is 0.0962. The lowest BCUT2D eigenvalue weighted by atomic mass is 10.1. The van der Waals surface area contributed by atoms with E-state index in [0.29, 0.717) is 16.2 Å². The Bertz CT molecular complexity index is 623. The molecule has 0 bridgehead atoms. The Hall–Kier alpha value is -2.08. The topological polar surface area (TPSA) is 65.7 Å². The van der Waals surface area contributed by atoms with E-state index in [2.05, 4.69) is 4.74 Å². The van der Waals surface area contributed by atoms with Crippen LogP contribution in [0.1, 0.15) is 25.8 Å². The number of furan rings is 1. The molecule has 0 aliphatic rings. The van der Waals surface area contributed by atoms with Crippen LogP contribution >= 0.6 is 11.3 Å². The van der Waals surface area contributed by atoms with Gasteiger partial charge in [-0.05, 0) is 30.0 Å². The first kappa shape index (κ1) is 13.4. The summed E-state index contributed by atoms with van der Waals surface area (Å²) < 4.78 is 14.7. The highest BCUT2D eigenvalue weighted by Crippen LogP contribution is 2.34. The molecule has 6 heteroatoms. The van der Waals surface area contributed by atoms with Gasteiger partial charge in [0.1, 0.15) is 10.6 Å². The van der Waals surface area contributed by atoms with Crippen LogP contribution < -0.4 is 0 Å². The van der Waals surface area contributed by atoms with Gasteiger partial charge in [0.15, 0.2) is 0 Å². The number of aryl methyl sites for hydroxylation is 1. The molecule has 2 heterocycles. The normalized spacial score (nSPS) is 10.3. The molecule has 2 aromatic rings. The summed E-state index contributed by atoms with van der Waals surface area (Å²) in [6, 6.07) is 3.15. The lowest BCUT2D eigenvalue weighted by molar-refractivity contribution is 0.0565. The summed E-state index contributed by atoms with van der Waals surface area (Å²) in [5.74, 6) is -0.443. The molecule has 2 aromatic heterocycles. The first-order valence-electron chi connectivity index (χ1n) is 5.43. The number of carbonyl (C=O) groups is 2. The number of ether oxygens (including phenoxy) is 2. The summed E-state index contributed by atoms with van der Waals surface area (Å²) in [4.78, 5) is 23.5. The third-order valence-corrected chi connectivity index (χ3v) is 3.66. The van der Waals surface area contributed by atoms with Gasteiger partial charge in [0, 0.05) is 5.56 Å². The quantitative estimate of drug-likeness (QED) is 0.809. The average molecular weight is 280 g/mol.